The van der Waals surface area contributed by atoms with E-state index < -0.39 is 15.4 Å². The number of aryl methyl sites for hydroxylation is 1. The highest BCUT2D eigenvalue weighted by molar-refractivity contribution is 7.92. The highest BCUT2D eigenvalue weighted by atomic mass is 32.2. The third-order valence-electron chi connectivity index (χ3n) is 5.81. The zero-order chi connectivity index (χ0) is 25.1. The van der Waals surface area contributed by atoms with Crippen molar-refractivity contribution >= 4 is 33.2 Å². The van der Waals surface area contributed by atoms with Gasteiger partial charge in [-0.3, -0.25) is 14.3 Å². The molecule has 3 rings (SSSR count). The fourth-order valence-corrected chi connectivity index (χ4v) is 5.26. The van der Waals surface area contributed by atoms with Crippen LogP contribution in [0, 0.1) is 18.3 Å². The number of rotatable bonds is 6. The van der Waals surface area contributed by atoms with Crippen molar-refractivity contribution < 1.29 is 22.7 Å². The van der Waals surface area contributed by atoms with E-state index in [1.165, 1.54) is 13.2 Å². The van der Waals surface area contributed by atoms with Gasteiger partial charge in [0.1, 0.15) is 5.75 Å². The lowest BCUT2D eigenvalue weighted by molar-refractivity contribution is -0.142. The number of amides is 2. The SMILES string of the molecule is COc1ccc(NS(=O)(=O)c2cc(NC(=O)C3CCCN(C(=O)C(C)(C)C)C3)ccc2C)cc1. The fourth-order valence-electron chi connectivity index (χ4n) is 3.93. The van der Waals surface area contributed by atoms with E-state index in [4.69, 9.17) is 4.74 Å². The van der Waals surface area contributed by atoms with Crippen LogP contribution in [-0.2, 0) is 19.6 Å². The van der Waals surface area contributed by atoms with Gasteiger partial charge in [-0.1, -0.05) is 26.8 Å². The minimum Gasteiger partial charge on any atom is -0.497 e. The molecule has 2 N–H and O–H groups in total. The minimum absolute atomic E-state index is 0.0262. The Bertz CT molecular complexity index is 1150. The smallest absolute Gasteiger partial charge is 0.262 e. The Hall–Kier alpha value is -3.07. The summed E-state index contributed by atoms with van der Waals surface area (Å²) in [6, 6.07) is 11.4. The zero-order valence-electron chi connectivity index (χ0n) is 20.3. The lowest BCUT2D eigenvalue weighted by Gasteiger charge is -2.35. The van der Waals surface area contributed by atoms with Gasteiger partial charge in [0.25, 0.3) is 10.0 Å². The highest BCUT2D eigenvalue weighted by Gasteiger charge is 2.33. The summed E-state index contributed by atoms with van der Waals surface area (Å²) in [4.78, 5) is 27.4. The second-order valence-corrected chi connectivity index (χ2v) is 11.3. The summed E-state index contributed by atoms with van der Waals surface area (Å²) in [6.45, 7) is 8.31. The lowest BCUT2D eigenvalue weighted by Crippen LogP contribution is -2.47. The highest BCUT2D eigenvalue weighted by Crippen LogP contribution is 2.27. The molecular formula is C25H33N3O5S. The maximum atomic E-state index is 13.0. The molecule has 0 aliphatic carbocycles. The Morgan fingerprint density at radius 1 is 1.06 bits per heavy atom. The molecule has 1 atom stereocenters. The molecule has 1 unspecified atom stereocenters. The molecule has 9 heteroatoms. The molecule has 0 radical (unpaired) electrons. The number of benzene rings is 2. The van der Waals surface area contributed by atoms with E-state index >= 15 is 0 Å². The van der Waals surface area contributed by atoms with E-state index in [0.717, 1.165) is 6.42 Å². The Balaban J connectivity index is 1.74. The van der Waals surface area contributed by atoms with E-state index in [-0.39, 0.29) is 22.6 Å². The van der Waals surface area contributed by atoms with Gasteiger partial charge in [-0.2, -0.15) is 0 Å². The molecule has 2 amide bonds. The second-order valence-electron chi connectivity index (χ2n) is 9.64. The van der Waals surface area contributed by atoms with Crippen molar-refractivity contribution in [3.05, 3.63) is 48.0 Å². The molecule has 1 aliphatic rings. The number of nitrogens with zero attached hydrogens (tertiary/aromatic N) is 1. The average molecular weight is 488 g/mol. The number of ether oxygens (including phenoxy) is 1. The van der Waals surface area contributed by atoms with Crippen molar-refractivity contribution in [2.45, 2.75) is 45.4 Å². The average Bonchev–Trinajstić information content (AvgIpc) is 2.79. The maximum absolute atomic E-state index is 13.0. The van der Waals surface area contributed by atoms with Crippen molar-refractivity contribution in [3.8, 4) is 5.75 Å². The molecule has 0 spiro atoms. The van der Waals surface area contributed by atoms with E-state index in [0.29, 0.717) is 42.2 Å². The second kappa shape index (κ2) is 10.0. The van der Waals surface area contributed by atoms with Crippen LogP contribution in [0.25, 0.3) is 0 Å². The number of carbonyl (C=O) groups excluding carboxylic acids is 2. The van der Waals surface area contributed by atoms with Crippen LogP contribution in [0.5, 0.6) is 5.75 Å². The van der Waals surface area contributed by atoms with Gasteiger partial charge in [0.15, 0.2) is 0 Å². The van der Waals surface area contributed by atoms with Crippen molar-refractivity contribution in [2.24, 2.45) is 11.3 Å². The molecule has 8 nitrogen and oxygen atoms in total. The number of hydrogen-bond acceptors (Lipinski definition) is 5. The van der Waals surface area contributed by atoms with Crippen molar-refractivity contribution in [1.29, 1.82) is 0 Å². The van der Waals surface area contributed by atoms with Gasteiger partial charge in [0.05, 0.1) is 17.9 Å². The number of carbonyl (C=O) groups is 2. The summed E-state index contributed by atoms with van der Waals surface area (Å²) in [5, 5.41) is 2.84. The molecule has 34 heavy (non-hydrogen) atoms. The molecular weight excluding hydrogens is 454 g/mol. The van der Waals surface area contributed by atoms with Crippen LogP contribution in [0.3, 0.4) is 0 Å². The first-order chi connectivity index (χ1) is 15.9. The normalized spacial score (nSPS) is 16.6. The monoisotopic (exact) mass is 487 g/mol. The molecule has 184 valence electrons. The molecule has 2 aromatic carbocycles. The van der Waals surface area contributed by atoms with Gasteiger partial charge in [-0.15, -0.1) is 0 Å². The van der Waals surface area contributed by atoms with Crippen LogP contribution in [0.4, 0.5) is 11.4 Å². The van der Waals surface area contributed by atoms with Crippen LogP contribution in [0.15, 0.2) is 47.4 Å². The molecule has 2 aromatic rings. The predicted octanol–water partition coefficient (Wildman–Crippen LogP) is 4.03. The number of sulfonamides is 1. The van der Waals surface area contributed by atoms with Gasteiger partial charge >= 0.3 is 0 Å². The molecule has 1 aliphatic heterocycles. The maximum Gasteiger partial charge on any atom is 0.262 e. The zero-order valence-corrected chi connectivity index (χ0v) is 21.2. The Labute approximate surface area is 201 Å². The number of nitrogens with one attached hydrogen (secondary N) is 2. The first-order valence-corrected chi connectivity index (χ1v) is 12.8. The summed E-state index contributed by atoms with van der Waals surface area (Å²) in [5.41, 5.74) is 0.846. The number of piperidine rings is 1. The number of likely N-dealkylation sites (tertiary alicyclic amines) is 1. The Morgan fingerprint density at radius 2 is 1.71 bits per heavy atom. The van der Waals surface area contributed by atoms with Crippen LogP contribution >= 0.6 is 0 Å². The van der Waals surface area contributed by atoms with Crippen molar-refractivity contribution in [1.82, 2.24) is 4.90 Å². The molecule has 1 fully saturated rings. The standard InChI is InChI=1S/C25H33N3O5S/c1-17-8-9-20(15-22(17)34(31,32)27-19-10-12-21(33-5)13-11-19)26-23(29)18-7-6-14-28(16-18)24(30)25(2,3)4/h8-13,15,18,27H,6-7,14,16H2,1-5H3,(H,26,29). The minimum atomic E-state index is -3.88. The molecule has 0 saturated carbocycles. The largest absolute Gasteiger partial charge is 0.497 e. The summed E-state index contributed by atoms with van der Waals surface area (Å²) >= 11 is 0. The van der Waals surface area contributed by atoms with E-state index in [1.807, 2.05) is 20.8 Å². The Morgan fingerprint density at radius 3 is 2.32 bits per heavy atom. The van der Waals surface area contributed by atoms with Gasteiger partial charge in [-0.25, -0.2) is 8.42 Å². The van der Waals surface area contributed by atoms with Gasteiger partial charge < -0.3 is 15.0 Å². The van der Waals surface area contributed by atoms with Gasteiger partial charge in [-0.05, 0) is 61.7 Å². The number of hydrogen-bond donors (Lipinski definition) is 2. The van der Waals surface area contributed by atoms with Crippen molar-refractivity contribution in [2.75, 3.05) is 30.2 Å². The van der Waals surface area contributed by atoms with Crippen LogP contribution in [0.1, 0.15) is 39.2 Å². The van der Waals surface area contributed by atoms with Crippen LogP contribution in [0.2, 0.25) is 0 Å². The van der Waals surface area contributed by atoms with Gasteiger partial charge in [0.2, 0.25) is 11.8 Å². The number of anilines is 2. The topological polar surface area (TPSA) is 105 Å². The predicted molar refractivity (Wildman–Crippen MR) is 132 cm³/mol. The van der Waals surface area contributed by atoms with Crippen LogP contribution < -0.4 is 14.8 Å². The summed E-state index contributed by atoms with van der Waals surface area (Å²) in [6.07, 6.45) is 1.43. The third-order valence-corrected chi connectivity index (χ3v) is 7.33. The molecule has 0 bridgehead atoms. The summed E-state index contributed by atoms with van der Waals surface area (Å²) in [7, 11) is -2.34. The molecule has 1 saturated heterocycles. The third kappa shape index (κ3) is 6.08. The molecule has 0 aromatic heterocycles. The fraction of sp³-hybridized carbons (Fsp3) is 0.440. The van der Waals surface area contributed by atoms with Crippen LogP contribution in [-0.4, -0.2) is 45.3 Å². The van der Waals surface area contributed by atoms with E-state index in [1.54, 1.807) is 48.2 Å². The lowest BCUT2D eigenvalue weighted by atomic mass is 9.91. The first kappa shape index (κ1) is 25.6. The van der Waals surface area contributed by atoms with E-state index in [2.05, 4.69) is 10.0 Å². The van der Waals surface area contributed by atoms with Gasteiger partial charge in [0, 0.05) is 29.9 Å². The van der Waals surface area contributed by atoms with E-state index in [9.17, 15) is 18.0 Å². The summed E-state index contributed by atoms with van der Waals surface area (Å²) < 4.78 is 33.7. The quantitative estimate of drug-likeness (QED) is 0.640. The molecule has 1 heterocycles. The first-order valence-electron chi connectivity index (χ1n) is 11.3. The van der Waals surface area contributed by atoms with Crippen molar-refractivity contribution in [3.63, 3.8) is 0 Å². The number of methoxy groups -OCH3 is 1. The summed E-state index contributed by atoms with van der Waals surface area (Å²) in [5.74, 6) is 0.0770. The Kier molecular flexibility index (Phi) is 7.55.